The Balaban J connectivity index is 1.53. The van der Waals surface area contributed by atoms with E-state index in [1.807, 2.05) is 48.3 Å². The molecule has 0 N–H and O–H groups in total. The number of hydrogen-bond donors (Lipinski definition) is 0. The highest BCUT2D eigenvalue weighted by Crippen LogP contribution is 2.44. The quantitative estimate of drug-likeness (QED) is 0.163. The zero-order valence-corrected chi connectivity index (χ0v) is 26.6. The van der Waals surface area contributed by atoms with E-state index in [1.54, 1.807) is 13.3 Å². The zero-order valence-electron chi connectivity index (χ0n) is 25.8. The molecule has 0 unspecified atom stereocenters. The van der Waals surface area contributed by atoms with Gasteiger partial charge in [-0.25, -0.2) is 4.98 Å². The van der Waals surface area contributed by atoms with Crippen molar-refractivity contribution in [1.82, 2.24) is 14.5 Å². The Labute approximate surface area is 254 Å². The van der Waals surface area contributed by atoms with E-state index >= 15 is 0 Å². The molecule has 3 heterocycles. The Bertz CT molecular complexity index is 1630. The molecule has 0 bridgehead atoms. The van der Waals surface area contributed by atoms with Gasteiger partial charge in [-0.1, -0.05) is 71.9 Å². The molecule has 42 heavy (non-hydrogen) atoms. The van der Waals surface area contributed by atoms with Crippen molar-refractivity contribution < 1.29 is 9.47 Å². The van der Waals surface area contributed by atoms with Gasteiger partial charge in [-0.3, -0.25) is 4.98 Å². The van der Waals surface area contributed by atoms with Crippen LogP contribution in [-0.4, -0.2) is 26.4 Å². The van der Waals surface area contributed by atoms with Gasteiger partial charge in [0.25, 0.3) is 0 Å². The Morgan fingerprint density at radius 3 is 2.21 bits per heavy atom. The van der Waals surface area contributed by atoms with Gasteiger partial charge < -0.3 is 14.0 Å². The summed E-state index contributed by atoms with van der Waals surface area (Å²) in [5.41, 5.74) is 7.13. The van der Waals surface area contributed by atoms with Crippen molar-refractivity contribution in [3.8, 4) is 22.8 Å². The Hall–Kier alpha value is -3.77. The maximum absolute atomic E-state index is 6.23. The largest absolute Gasteiger partial charge is 0.487 e. The first kappa shape index (κ1) is 29.7. The van der Waals surface area contributed by atoms with E-state index < -0.39 is 0 Å². The van der Waals surface area contributed by atoms with Crippen molar-refractivity contribution in [3.05, 3.63) is 102 Å². The second-order valence-electron chi connectivity index (χ2n) is 12.9. The first-order valence-corrected chi connectivity index (χ1v) is 15.3. The number of pyridine rings is 2. The summed E-state index contributed by atoms with van der Waals surface area (Å²) in [7, 11) is 1.64. The van der Waals surface area contributed by atoms with Crippen LogP contribution in [0.25, 0.3) is 22.0 Å². The van der Waals surface area contributed by atoms with Crippen LogP contribution < -0.4 is 9.47 Å². The van der Waals surface area contributed by atoms with Gasteiger partial charge in [-0.15, -0.1) is 11.8 Å². The molecule has 0 aliphatic heterocycles. The van der Waals surface area contributed by atoms with Crippen molar-refractivity contribution in [2.45, 2.75) is 70.8 Å². The predicted molar refractivity (Wildman–Crippen MR) is 175 cm³/mol. The Kier molecular flexibility index (Phi) is 8.65. The van der Waals surface area contributed by atoms with E-state index in [4.69, 9.17) is 9.47 Å². The highest BCUT2D eigenvalue weighted by Gasteiger charge is 2.26. The number of nitrogens with zero attached hydrogens (tertiary/aromatic N) is 3. The van der Waals surface area contributed by atoms with E-state index in [-0.39, 0.29) is 10.2 Å². The fourth-order valence-electron chi connectivity index (χ4n) is 5.02. The topological polar surface area (TPSA) is 49.2 Å². The lowest BCUT2D eigenvalue weighted by atomic mass is 9.90. The summed E-state index contributed by atoms with van der Waals surface area (Å²) in [4.78, 5) is 10.1. The highest BCUT2D eigenvalue weighted by molar-refractivity contribution is 8.00. The van der Waals surface area contributed by atoms with E-state index in [9.17, 15) is 0 Å². The summed E-state index contributed by atoms with van der Waals surface area (Å²) in [6, 6.07) is 25.2. The fraction of sp³-hybridized carbons (Fsp3) is 0.333. The van der Waals surface area contributed by atoms with Crippen molar-refractivity contribution in [1.29, 1.82) is 0 Å². The Morgan fingerprint density at radius 2 is 1.60 bits per heavy atom. The van der Waals surface area contributed by atoms with Crippen molar-refractivity contribution in [2.24, 2.45) is 5.41 Å². The molecule has 3 aromatic heterocycles. The monoisotopic (exact) mass is 579 g/mol. The number of ether oxygens (including phenoxy) is 2. The summed E-state index contributed by atoms with van der Waals surface area (Å²) in [6.45, 7) is 15.1. The van der Waals surface area contributed by atoms with Gasteiger partial charge in [-0.2, -0.15) is 0 Å². The van der Waals surface area contributed by atoms with Crippen molar-refractivity contribution in [2.75, 3.05) is 7.11 Å². The van der Waals surface area contributed by atoms with Crippen LogP contribution >= 0.6 is 11.8 Å². The molecule has 0 amide bonds. The minimum atomic E-state index is 0.0601. The van der Waals surface area contributed by atoms with Gasteiger partial charge in [0.2, 0.25) is 5.88 Å². The van der Waals surface area contributed by atoms with Crippen molar-refractivity contribution in [3.63, 3.8) is 0 Å². The van der Waals surface area contributed by atoms with Crippen LogP contribution in [0.15, 0.2) is 90.1 Å². The van der Waals surface area contributed by atoms with Gasteiger partial charge in [0.15, 0.2) is 0 Å². The lowest BCUT2D eigenvalue weighted by Crippen LogP contribution is -2.16. The maximum Gasteiger partial charge on any atom is 0.212 e. The zero-order chi connectivity index (χ0) is 29.9. The van der Waals surface area contributed by atoms with Crippen LogP contribution in [0.3, 0.4) is 0 Å². The highest BCUT2D eigenvalue weighted by atomic mass is 32.2. The summed E-state index contributed by atoms with van der Waals surface area (Å²) in [5, 5.41) is 1.24. The lowest BCUT2D eigenvalue weighted by Gasteiger charge is -2.24. The van der Waals surface area contributed by atoms with Crippen LogP contribution in [0.4, 0.5) is 0 Å². The molecule has 2 aromatic carbocycles. The number of aromatic nitrogens is 3. The van der Waals surface area contributed by atoms with E-state index in [0.29, 0.717) is 12.5 Å². The van der Waals surface area contributed by atoms with E-state index in [0.717, 1.165) is 35.5 Å². The SMILES string of the molecule is COc1ccc(-c2ccc(Cn3c(CC(C)(C)C)c(SC(C)(C)C)c4cc(OCc5ccccn5)ccc43)cc2)cn1. The first-order valence-electron chi connectivity index (χ1n) is 14.5. The molecular formula is C36H41N3O2S. The smallest absolute Gasteiger partial charge is 0.212 e. The minimum absolute atomic E-state index is 0.0601. The average molecular weight is 580 g/mol. The molecule has 6 heteroatoms. The molecule has 0 fully saturated rings. The number of hydrogen-bond acceptors (Lipinski definition) is 5. The maximum atomic E-state index is 6.23. The van der Waals surface area contributed by atoms with Gasteiger partial charge in [0.1, 0.15) is 12.4 Å². The van der Waals surface area contributed by atoms with Crippen LogP contribution in [0.1, 0.15) is 58.5 Å². The minimum Gasteiger partial charge on any atom is -0.487 e. The number of benzene rings is 2. The van der Waals surface area contributed by atoms with E-state index in [2.05, 4.69) is 98.5 Å². The number of rotatable bonds is 9. The van der Waals surface area contributed by atoms with Gasteiger partial charge in [-0.05, 0) is 59.4 Å². The first-order chi connectivity index (χ1) is 20.0. The lowest BCUT2D eigenvalue weighted by molar-refractivity contribution is 0.301. The predicted octanol–water partition coefficient (Wildman–Crippen LogP) is 9.21. The molecule has 5 rings (SSSR count). The normalized spacial score (nSPS) is 12.1. The summed E-state index contributed by atoms with van der Waals surface area (Å²) in [6.07, 6.45) is 4.64. The van der Waals surface area contributed by atoms with Gasteiger partial charge in [0.05, 0.1) is 12.8 Å². The van der Waals surface area contributed by atoms with E-state index in [1.165, 1.54) is 27.1 Å². The molecule has 0 atom stereocenters. The molecular weight excluding hydrogens is 538 g/mol. The second-order valence-corrected chi connectivity index (χ2v) is 14.7. The van der Waals surface area contributed by atoms with Gasteiger partial charge >= 0.3 is 0 Å². The third kappa shape index (κ3) is 7.35. The molecule has 0 radical (unpaired) electrons. The molecule has 0 saturated heterocycles. The van der Waals surface area contributed by atoms with Crippen molar-refractivity contribution >= 4 is 22.7 Å². The van der Waals surface area contributed by atoms with Crippen LogP contribution in [0, 0.1) is 5.41 Å². The molecule has 0 aliphatic carbocycles. The number of thioether (sulfide) groups is 1. The summed E-state index contributed by atoms with van der Waals surface area (Å²) >= 11 is 1.95. The Morgan fingerprint density at radius 1 is 0.833 bits per heavy atom. The third-order valence-electron chi connectivity index (χ3n) is 6.88. The fourth-order valence-corrected chi connectivity index (χ4v) is 6.21. The molecule has 0 aliphatic rings. The number of methoxy groups -OCH3 is 1. The average Bonchev–Trinajstić information content (AvgIpc) is 3.21. The van der Waals surface area contributed by atoms with Crippen LogP contribution in [-0.2, 0) is 19.6 Å². The van der Waals surface area contributed by atoms with Gasteiger partial charge in [0, 0.05) is 56.8 Å². The molecule has 0 spiro atoms. The summed E-state index contributed by atoms with van der Waals surface area (Å²) < 4.78 is 14.0. The molecule has 0 saturated carbocycles. The third-order valence-corrected chi connectivity index (χ3v) is 8.16. The standard InChI is InChI=1S/C36H41N3O2S/c1-35(2,3)21-32-34(42-36(4,5)6)30-20-29(41-24-28-10-8-9-19-37-28)16-17-31(30)39(32)23-25-11-13-26(14-12-25)27-15-18-33(40-7)38-22-27/h8-20,22H,21,23-24H2,1-7H3. The number of fused-ring (bicyclic) bond motifs is 1. The second kappa shape index (κ2) is 12.2. The molecule has 218 valence electrons. The van der Waals surface area contributed by atoms with Crippen LogP contribution in [0.5, 0.6) is 11.6 Å². The molecule has 5 nitrogen and oxygen atoms in total. The molecule has 5 aromatic rings. The van der Waals surface area contributed by atoms with Crippen LogP contribution in [0.2, 0.25) is 0 Å². The summed E-state index contributed by atoms with van der Waals surface area (Å²) in [5.74, 6) is 1.48.